The Balaban J connectivity index is 1.60. The van der Waals surface area contributed by atoms with Gasteiger partial charge in [0.15, 0.2) is 0 Å². The molecule has 29 heavy (non-hydrogen) atoms. The van der Waals surface area contributed by atoms with E-state index in [9.17, 15) is 4.79 Å². The summed E-state index contributed by atoms with van der Waals surface area (Å²) in [6.45, 7) is 2.99. The van der Waals surface area contributed by atoms with E-state index in [-0.39, 0.29) is 5.91 Å². The highest BCUT2D eigenvalue weighted by molar-refractivity contribution is 5.94. The summed E-state index contributed by atoms with van der Waals surface area (Å²) >= 11 is 0. The molecule has 0 radical (unpaired) electrons. The fourth-order valence-corrected chi connectivity index (χ4v) is 3.88. The highest BCUT2D eigenvalue weighted by atomic mass is 16.2. The van der Waals surface area contributed by atoms with Crippen LogP contribution < -0.4 is 0 Å². The fourth-order valence-electron chi connectivity index (χ4n) is 3.88. The lowest BCUT2D eigenvalue weighted by Gasteiger charge is -2.21. The third-order valence-electron chi connectivity index (χ3n) is 5.38. The predicted octanol–water partition coefficient (Wildman–Crippen LogP) is 3.74. The van der Waals surface area contributed by atoms with Gasteiger partial charge in [-0.1, -0.05) is 18.2 Å². The average Bonchev–Trinajstić information content (AvgIpc) is 3.27. The second-order valence-electron chi connectivity index (χ2n) is 7.48. The maximum Gasteiger partial charge on any atom is 0.256 e. The molecule has 6 heteroatoms. The minimum Gasteiger partial charge on any atom is -0.352 e. The topological polar surface area (TPSA) is 56.0 Å². The summed E-state index contributed by atoms with van der Waals surface area (Å²) in [6, 6.07) is 14.0. The molecule has 1 aromatic carbocycles. The Bertz CT molecular complexity index is 1210. The molecule has 0 fully saturated rings. The van der Waals surface area contributed by atoms with E-state index in [1.54, 1.807) is 12.4 Å². The molecule has 3 aromatic heterocycles. The van der Waals surface area contributed by atoms with E-state index < -0.39 is 0 Å². The predicted molar refractivity (Wildman–Crippen MR) is 111 cm³/mol. The van der Waals surface area contributed by atoms with Crippen LogP contribution in [0.15, 0.2) is 67.3 Å². The molecular weight excluding hydrogens is 362 g/mol. The first kappa shape index (κ1) is 17.4. The van der Waals surface area contributed by atoms with Gasteiger partial charge in [-0.15, -0.1) is 0 Å². The lowest BCUT2D eigenvalue weighted by atomic mass is 10.1. The molecule has 0 bridgehead atoms. The zero-order valence-corrected chi connectivity index (χ0v) is 16.4. The first-order valence-electron chi connectivity index (χ1n) is 9.59. The summed E-state index contributed by atoms with van der Waals surface area (Å²) in [6.07, 6.45) is 7.46. The van der Waals surface area contributed by atoms with Gasteiger partial charge in [-0.05, 0) is 36.8 Å². The standard InChI is InChI=1S/C23H21N5O/c1-16-10-17(12-24-11-16)23(29)27-13-18-14-28(19-6-4-3-5-7-19)25-22(18)20-8-9-26(2)21(20)15-27/h3-12,14H,13,15H2,1-2H3. The fraction of sp³-hybridized carbons (Fsp3) is 0.174. The first-order chi connectivity index (χ1) is 14.1. The van der Waals surface area contributed by atoms with E-state index in [4.69, 9.17) is 5.10 Å². The smallest absolute Gasteiger partial charge is 0.256 e. The van der Waals surface area contributed by atoms with Gasteiger partial charge in [0.25, 0.3) is 5.91 Å². The highest BCUT2D eigenvalue weighted by Gasteiger charge is 2.28. The van der Waals surface area contributed by atoms with Crippen LogP contribution in [-0.2, 0) is 20.1 Å². The minimum absolute atomic E-state index is 0.0198. The summed E-state index contributed by atoms with van der Waals surface area (Å²) in [7, 11) is 2.01. The minimum atomic E-state index is -0.0198. The van der Waals surface area contributed by atoms with Gasteiger partial charge in [-0.25, -0.2) is 4.68 Å². The number of aromatic nitrogens is 4. The van der Waals surface area contributed by atoms with Crippen molar-refractivity contribution >= 4 is 5.91 Å². The number of nitrogens with zero attached hydrogens (tertiary/aromatic N) is 5. The number of aryl methyl sites for hydroxylation is 2. The monoisotopic (exact) mass is 383 g/mol. The van der Waals surface area contributed by atoms with Gasteiger partial charge < -0.3 is 9.47 Å². The van der Waals surface area contributed by atoms with Crippen molar-refractivity contribution in [2.75, 3.05) is 0 Å². The number of hydrogen-bond acceptors (Lipinski definition) is 3. The van der Waals surface area contributed by atoms with Gasteiger partial charge in [-0.3, -0.25) is 9.78 Å². The van der Waals surface area contributed by atoms with E-state index in [0.29, 0.717) is 18.7 Å². The van der Waals surface area contributed by atoms with Gasteiger partial charge in [0.1, 0.15) is 0 Å². The van der Waals surface area contributed by atoms with Crippen LogP contribution in [0.5, 0.6) is 0 Å². The number of amides is 1. The molecule has 0 spiro atoms. The number of fused-ring (bicyclic) bond motifs is 3. The molecule has 5 rings (SSSR count). The van der Waals surface area contributed by atoms with Crippen molar-refractivity contribution in [2.24, 2.45) is 7.05 Å². The van der Waals surface area contributed by atoms with Crippen molar-refractivity contribution in [3.63, 3.8) is 0 Å². The van der Waals surface area contributed by atoms with Crippen molar-refractivity contribution in [3.8, 4) is 16.9 Å². The molecular formula is C23H21N5O. The average molecular weight is 383 g/mol. The van der Waals surface area contributed by atoms with Crippen LogP contribution in [0.3, 0.4) is 0 Å². The van der Waals surface area contributed by atoms with E-state index in [1.807, 2.05) is 72.3 Å². The van der Waals surface area contributed by atoms with Crippen molar-refractivity contribution in [1.29, 1.82) is 0 Å². The van der Waals surface area contributed by atoms with Crippen LogP contribution >= 0.6 is 0 Å². The molecule has 1 aliphatic heterocycles. The van der Waals surface area contributed by atoms with Crippen LogP contribution in [0.25, 0.3) is 16.9 Å². The Morgan fingerprint density at radius 1 is 1.07 bits per heavy atom. The third-order valence-corrected chi connectivity index (χ3v) is 5.38. The second-order valence-corrected chi connectivity index (χ2v) is 7.48. The normalized spacial score (nSPS) is 13.0. The number of hydrogen-bond donors (Lipinski definition) is 0. The maximum atomic E-state index is 13.3. The van der Waals surface area contributed by atoms with Gasteiger partial charge >= 0.3 is 0 Å². The Kier molecular flexibility index (Phi) is 4.05. The molecule has 1 aliphatic rings. The summed E-state index contributed by atoms with van der Waals surface area (Å²) in [5.74, 6) is -0.0198. The summed E-state index contributed by atoms with van der Waals surface area (Å²) in [4.78, 5) is 19.4. The maximum absolute atomic E-state index is 13.3. The number of pyridine rings is 1. The summed E-state index contributed by atoms with van der Waals surface area (Å²) in [5.41, 5.74) is 6.71. The number of rotatable bonds is 2. The van der Waals surface area contributed by atoms with Crippen molar-refractivity contribution in [1.82, 2.24) is 24.2 Å². The van der Waals surface area contributed by atoms with Crippen LogP contribution in [0.1, 0.15) is 27.2 Å². The number of benzene rings is 1. The highest BCUT2D eigenvalue weighted by Crippen LogP contribution is 2.33. The van der Waals surface area contributed by atoms with E-state index in [1.165, 1.54) is 0 Å². The molecule has 1 amide bonds. The van der Waals surface area contributed by atoms with Gasteiger partial charge in [-0.2, -0.15) is 5.10 Å². The summed E-state index contributed by atoms with van der Waals surface area (Å²) < 4.78 is 3.96. The van der Waals surface area contributed by atoms with E-state index in [0.717, 1.165) is 33.8 Å². The number of carbonyl (C=O) groups is 1. The third kappa shape index (κ3) is 3.02. The summed E-state index contributed by atoms with van der Waals surface area (Å²) in [5, 5.41) is 4.87. The first-order valence-corrected chi connectivity index (χ1v) is 9.59. The molecule has 0 unspecified atom stereocenters. The van der Waals surface area contributed by atoms with E-state index in [2.05, 4.69) is 15.6 Å². The zero-order chi connectivity index (χ0) is 20.0. The van der Waals surface area contributed by atoms with Crippen LogP contribution in [0.4, 0.5) is 0 Å². The molecule has 0 N–H and O–H groups in total. The molecule has 6 nitrogen and oxygen atoms in total. The van der Waals surface area contributed by atoms with E-state index >= 15 is 0 Å². The second kappa shape index (κ2) is 6.74. The zero-order valence-electron chi connectivity index (χ0n) is 16.4. The molecule has 4 aromatic rings. The Hall–Kier alpha value is -3.67. The SMILES string of the molecule is Cc1cncc(C(=O)N2Cc3cn(-c4ccccc4)nc3-c3ccn(C)c3C2)c1. The number of para-hydroxylation sites is 1. The van der Waals surface area contributed by atoms with Crippen LogP contribution in [0.2, 0.25) is 0 Å². The molecule has 0 saturated heterocycles. The lowest BCUT2D eigenvalue weighted by molar-refractivity contribution is 0.0728. The quantitative estimate of drug-likeness (QED) is 0.530. The van der Waals surface area contributed by atoms with Crippen molar-refractivity contribution < 1.29 is 4.79 Å². The number of carbonyl (C=O) groups excluding carboxylic acids is 1. The van der Waals surface area contributed by atoms with Crippen molar-refractivity contribution in [3.05, 3.63) is 89.6 Å². The Morgan fingerprint density at radius 3 is 2.69 bits per heavy atom. The van der Waals surface area contributed by atoms with Crippen molar-refractivity contribution in [2.45, 2.75) is 20.0 Å². The molecule has 4 heterocycles. The van der Waals surface area contributed by atoms with Gasteiger partial charge in [0.05, 0.1) is 30.0 Å². The Morgan fingerprint density at radius 2 is 1.90 bits per heavy atom. The van der Waals surface area contributed by atoms with Gasteiger partial charge in [0, 0.05) is 48.7 Å². The Labute approximate surface area is 169 Å². The molecule has 0 atom stereocenters. The molecule has 144 valence electrons. The molecule has 0 aliphatic carbocycles. The van der Waals surface area contributed by atoms with Gasteiger partial charge in [0.2, 0.25) is 0 Å². The lowest BCUT2D eigenvalue weighted by Crippen LogP contribution is -2.30. The molecule has 0 saturated carbocycles. The van der Waals surface area contributed by atoms with Crippen LogP contribution in [-0.4, -0.2) is 30.1 Å². The largest absolute Gasteiger partial charge is 0.352 e. The van der Waals surface area contributed by atoms with Crippen LogP contribution in [0, 0.1) is 6.92 Å².